The maximum Gasteiger partial charge on any atom is 0.326 e. The van der Waals surface area contributed by atoms with Gasteiger partial charge in [0.2, 0.25) is 0 Å². The Morgan fingerprint density at radius 1 is 1.06 bits per heavy atom. The minimum absolute atomic E-state index is 0.0584. The zero-order chi connectivity index (χ0) is 23.7. The van der Waals surface area contributed by atoms with E-state index in [1.165, 1.54) is 0 Å². The van der Waals surface area contributed by atoms with Gasteiger partial charge in [0.25, 0.3) is 0 Å². The molecule has 1 N–H and O–H groups in total. The molecule has 1 fully saturated rings. The lowest BCUT2D eigenvalue weighted by atomic mass is 10.1. The van der Waals surface area contributed by atoms with Crippen molar-refractivity contribution in [1.29, 1.82) is 0 Å². The van der Waals surface area contributed by atoms with E-state index in [9.17, 15) is 4.39 Å². The summed E-state index contributed by atoms with van der Waals surface area (Å²) in [5.74, 6) is 1.59. The second kappa shape index (κ2) is 9.50. The second-order valence-electron chi connectivity index (χ2n) is 8.95. The van der Waals surface area contributed by atoms with E-state index in [4.69, 9.17) is 4.74 Å². The molecule has 1 aliphatic carbocycles. The van der Waals surface area contributed by atoms with Gasteiger partial charge < -0.3 is 15.0 Å². The molecule has 0 bridgehead atoms. The Morgan fingerprint density at radius 3 is 2.62 bits per heavy atom. The fraction of sp³-hybridized carbons (Fsp3) is 0.400. The van der Waals surface area contributed by atoms with Gasteiger partial charge in [-0.15, -0.1) is 0 Å². The highest BCUT2D eigenvalue weighted by Gasteiger charge is 2.22. The van der Waals surface area contributed by atoms with Crippen molar-refractivity contribution in [3.8, 4) is 11.8 Å². The van der Waals surface area contributed by atoms with E-state index >= 15 is 4.39 Å². The third-order valence-electron chi connectivity index (χ3n) is 6.22. The summed E-state index contributed by atoms with van der Waals surface area (Å²) in [6.07, 6.45) is 4.56. The van der Waals surface area contributed by atoms with Gasteiger partial charge in [0.05, 0.1) is 6.54 Å². The van der Waals surface area contributed by atoms with E-state index in [1.807, 2.05) is 38.1 Å². The molecule has 2 aromatic rings. The second-order valence-corrected chi connectivity index (χ2v) is 8.95. The van der Waals surface area contributed by atoms with Gasteiger partial charge in [0.1, 0.15) is 24.1 Å². The first-order valence-electron chi connectivity index (χ1n) is 11.6. The monoisotopic (exact) mass is 466 g/mol. The summed E-state index contributed by atoms with van der Waals surface area (Å²) in [7, 11) is 0. The molecule has 3 aliphatic rings. The molecule has 34 heavy (non-hydrogen) atoms. The Bertz CT molecular complexity index is 1180. The molecule has 0 amide bonds. The Hall–Kier alpha value is -3.33. The Kier molecular flexibility index (Phi) is 6.28. The van der Waals surface area contributed by atoms with Crippen LogP contribution in [-0.2, 0) is 6.42 Å². The summed E-state index contributed by atoms with van der Waals surface area (Å²) in [5.41, 5.74) is 3.78. The van der Waals surface area contributed by atoms with Crippen LogP contribution in [0, 0.1) is 5.82 Å². The number of alkyl halides is 1. The van der Waals surface area contributed by atoms with Gasteiger partial charge in [-0.1, -0.05) is 17.7 Å². The normalized spacial score (nSPS) is 17.9. The Balaban J connectivity index is 1.43. The van der Waals surface area contributed by atoms with Gasteiger partial charge in [0, 0.05) is 44.4 Å². The fourth-order valence-corrected chi connectivity index (χ4v) is 4.44. The molecular weight excluding hydrogens is 438 g/mol. The lowest BCUT2D eigenvalue weighted by Crippen LogP contribution is -2.47. The van der Waals surface area contributed by atoms with Crippen molar-refractivity contribution in [2.75, 3.05) is 56.2 Å². The van der Waals surface area contributed by atoms with Crippen LogP contribution in [0.5, 0.6) is 11.8 Å². The van der Waals surface area contributed by atoms with Crippen LogP contribution in [0.15, 0.2) is 40.4 Å². The minimum Gasteiger partial charge on any atom is -0.421 e. The number of ether oxygens (including phenoxy) is 1. The van der Waals surface area contributed by atoms with Crippen molar-refractivity contribution in [3.63, 3.8) is 0 Å². The molecule has 2 aliphatic heterocycles. The van der Waals surface area contributed by atoms with Crippen LogP contribution >= 0.6 is 0 Å². The average molecular weight is 467 g/mol. The molecule has 0 unspecified atom stereocenters. The third-order valence-corrected chi connectivity index (χ3v) is 6.22. The van der Waals surface area contributed by atoms with E-state index in [1.54, 1.807) is 6.07 Å². The van der Waals surface area contributed by atoms with Crippen LogP contribution in [0.3, 0.4) is 0 Å². The molecule has 1 aromatic heterocycles. The number of anilines is 2. The number of allylic oxidation sites excluding steroid dienone is 1. The van der Waals surface area contributed by atoms with E-state index in [0.29, 0.717) is 49.2 Å². The van der Waals surface area contributed by atoms with Gasteiger partial charge >= 0.3 is 6.01 Å². The molecule has 3 heterocycles. The average Bonchev–Trinajstić information content (AvgIpc) is 3.41. The van der Waals surface area contributed by atoms with E-state index in [2.05, 4.69) is 30.1 Å². The molecule has 1 saturated heterocycles. The number of fused-ring (bicyclic) bond motifs is 1. The highest BCUT2D eigenvalue weighted by Crippen LogP contribution is 2.34. The summed E-state index contributed by atoms with van der Waals surface area (Å²) in [6.45, 7) is 7.63. The van der Waals surface area contributed by atoms with Crippen LogP contribution in [-0.4, -0.2) is 66.6 Å². The largest absolute Gasteiger partial charge is 0.421 e. The molecule has 0 radical (unpaired) electrons. The number of nitrogens with one attached hydrogen (secondary N) is 1. The first-order valence-corrected chi connectivity index (χ1v) is 11.6. The molecule has 178 valence electrons. The van der Waals surface area contributed by atoms with Gasteiger partial charge in [0.15, 0.2) is 11.6 Å². The molecule has 9 heteroatoms. The van der Waals surface area contributed by atoms with Crippen LogP contribution < -0.4 is 15.0 Å². The van der Waals surface area contributed by atoms with Crippen LogP contribution in [0.2, 0.25) is 0 Å². The van der Waals surface area contributed by atoms with E-state index in [-0.39, 0.29) is 18.4 Å². The molecule has 7 nitrogen and oxygen atoms in total. The number of amidine groups is 1. The maximum atomic E-state index is 15.2. The van der Waals surface area contributed by atoms with Crippen molar-refractivity contribution in [2.24, 2.45) is 4.99 Å². The predicted octanol–water partition coefficient (Wildman–Crippen LogP) is 4.23. The Labute approximate surface area is 197 Å². The van der Waals surface area contributed by atoms with Crippen molar-refractivity contribution in [2.45, 2.75) is 20.3 Å². The SMILES string of the molecule is CC1=CC(Nc2cc(N3CCN(CCF)CC3)nc(Oc3ccc4c(c3F)C=C(C)C4)n2)=NC1. The number of aromatic nitrogens is 2. The highest BCUT2D eigenvalue weighted by atomic mass is 19.1. The third kappa shape index (κ3) is 4.79. The van der Waals surface area contributed by atoms with Crippen molar-refractivity contribution in [1.82, 2.24) is 14.9 Å². The smallest absolute Gasteiger partial charge is 0.326 e. The first-order chi connectivity index (χ1) is 16.5. The lowest BCUT2D eigenvalue weighted by Gasteiger charge is -2.35. The predicted molar refractivity (Wildman–Crippen MR) is 130 cm³/mol. The van der Waals surface area contributed by atoms with E-state index in [0.717, 1.165) is 36.2 Å². The van der Waals surface area contributed by atoms with Gasteiger partial charge in [-0.2, -0.15) is 9.97 Å². The van der Waals surface area contributed by atoms with Crippen molar-refractivity contribution in [3.05, 3.63) is 52.4 Å². The molecule has 1 aromatic carbocycles. The number of hydrogen-bond donors (Lipinski definition) is 1. The molecule has 0 atom stereocenters. The molecule has 5 rings (SSSR count). The number of aliphatic imine (C=N–C) groups is 1. The molecule has 0 spiro atoms. The summed E-state index contributed by atoms with van der Waals surface area (Å²) in [5, 5.41) is 3.22. The number of piperazine rings is 1. The topological polar surface area (TPSA) is 65.9 Å². The number of hydrogen-bond acceptors (Lipinski definition) is 7. The summed E-state index contributed by atoms with van der Waals surface area (Å²) >= 11 is 0. The van der Waals surface area contributed by atoms with Crippen LogP contribution in [0.4, 0.5) is 20.4 Å². The van der Waals surface area contributed by atoms with Crippen LogP contribution in [0.1, 0.15) is 25.0 Å². The maximum absolute atomic E-state index is 15.2. The zero-order valence-corrected chi connectivity index (χ0v) is 19.4. The van der Waals surface area contributed by atoms with Crippen LogP contribution in [0.25, 0.3) is 6.08 Å². The van der Waals surface area contributed by atoms with Crippen molar-refractivity contribution >= 4 is 23.5 Å². The molecule has 0 saturated carbocycles. The Morgan fingerprint density at radius 2 is 1.88 bits per heavy atom. The van der Waals surface area contributed by atoms with Gasteiger partial charge in [-0.25, -0.2) is 8.78 Å². The van der Waals surface area contributed by atoms with E-state index < -0.39 is 5.82 Å². The number of nitrogens with zero attached hydrogens (tertiary/aromatic N) is 5. The van der Waals surface area contributed by atoms with Gasteiger partial charge in [-0.3, -0.25) is 9.89 Å². The first kappa shape index (κ1) is 22.5. The zero-order valence-electron chi connectivity index (χ0n) is 19.4. The number of rotatable bonds is 6. The van der Waals surface area contributed by atoms with Crippen molar-refractivity contribution < 1.29 is 13.5 Å². The fourth-order valence-electron chi connectivity index (χ4n) is 4.44. The molecular formula is C25H28F2N6O. The quantitative estimate of drug-likeness (QED) is 0.688. The summed E-state index contributed by atoms with van der Waals surface area (Å²) < 4.78 is 33.8. The summed E-state index contributed by atoms with van der Waals surface area (Å²) in [4.78, 5) is 17.7. The standard InChI is InChI=1S/C25H28F2N6O/c1-16-11-18-3-4-20(24(27)19(18)12-16)34-25-30-22(29-21-13-17(2)15-28-21)14-23(31-25)33-9-7-32(6-5-26)8-10-33/h3-4,12-14H,5-11,15H2,1-2H3,(H,28,29,30,31). The summed E-state index contributed by atoms with van der Waals surface area (Å²) in [6, 6.07) is 5.41. The van der Waals surface area contributed by atoms with Gasteiger partial charge in [-0.05, 0) is 43.5 Å². The highest BCUT2D eigenvalue weighted by molar-refractivity contribution is 6.05. The lowest BCUT2D eigenvalue weighted by molar-refractivity contribution is 0.235. The number of benzene rings is 1. The number of halogens is 2. The minimum atomic E-state index is -0.406.